The summed E-state index contributed by atoms with van der Waals surface area (Å²) in [5.74, 6) is -1.26. The number of carbonyl (C=O) groups excluding carboxylic acids is 1. The van der Waals surface area contributed by atoms with Gasteiger partial charge in [-0.2, -0.15) is 8.42 Å². The van der Waals surface area contributed by atoms with Crippen LogP contribution in [0, 0.1) is 0 Å². The zero-order valence-corrected chi connectivity index (χ0v) is 9.08. The fourth-order valence-corrected chi connectivity index (χ4v) is 1.91. The molecule has 0 aliphatic rings. The highest BCUT2D eigenvalue weighted by Gasteiger charge is 2.23. The van der Waals surface area contributed by atoms with E-state index in [2.05, 4.69) is 0 Å². The lowest BCUT2D eigenvalue weighted by Crippen LogP contribution is -2.10. The van der Waals surface area contributed by atoms with Crippen molar-refractivity contribution < 1.29 is 22.9 Å². The van der Waals surface area contributed by atoms with E-state index in [1.165, 1.54) is 0 Å². The Morgan fingerprint density at radius 1 is 1.38 bits per heavy atom. The van der Waals surface area contributed by atoms with Crippen molar-refractivity contribution in [3.63, 3.8) is 0 Å². The number of phenolic OH excluding ortho intramolecular Hbond substituents is 1. The Kier molecular flexibility index (Phi) is 2.80. The first-order valence-corrected chi connectivity index (χ1v) is 5.49. The molecular weight excluding hydrogens is 236 g/mol. The van der Waals surface area contributed by atoms with Crippen LogP contribution in [0.2, 0.25) is 0 Å². The van der Waals surface area contributed by atoms with Crippen molar-refractivity contribution in [2.75, 3.05) is 11.5 Å². The van der Waals surface area contributed by atoms with E-state index < -0.39 is 37.8 Å². The smallest absolute Gasteiger partial charge is 0.296 e. The second-order valence-corrected chi connectivity index (χ2v) is 4.52. The summed E-state index contributed by atoms with van der Waals surface area (Å²) in [6, 6.07) is 0.784. The molecule has 0 radical (unpaired) electrons. The number of phenols is 1. The molecule has 0 unspecified atom stereocenters. The van der Waals surface area contributed by atoms with Crippen molar-refractivity contribution >= 4 is 27.3 Å². The third kappa shape index (κ3) is 1.92. The summed E-state index contributed by atoms with van der Waals surface area (Å²) in [5.41, 5.74) is 9.35. The van der Waals surface area contributed by atoms with E-state index >= 15 is 0 Å². The van der Waals surface area contributed by atoms with Crippen molar-refractivity contribution in [3.05, 3.63) is 11.6 Å². The van der Waals surface area contributed by atoms with Gasteiger partial charge in [-0.1, -0.05) is 0 Å². The lowest BCUT2D eigenvalue weighted by Gasteiger charge is -2.11. The number of carbonyl (C=O) groups is 1. The minimum absolute atomic E-state index is 0.355. The molecule has 0 bridgehead atoms. The number of nitrogen functional groups attached to an aromatic ring is 2. The number of anilines is 2. The summed E-state index contributed by atoms with van der Waals surface area (Å²) in [6.45, 7) is 1.08. The van der Waals surface area contributed by atoms with Crippen molar-refractivity contribution in [2.45, 2.75) is 11.8 Å². The van der Waals surface area contributed by atoms with E-state index in [0.29, 0.717) is 0 Å². The molecule has 6 N–H and O–H groups in total. The number of rotatable bonds is 2. The SMILES string of the molecule is CC(=O)c1c(N)c(S(=O)(=O)O)cc(N)c1O. The minimum atomic E-state index is -4.60. The number of ketones is 1. The van der Waals surface area contributed by atoms with Gasteiger partial charge in [-0.3, -0.25) is 9.35 Å². The van der Waals surface area contributed by atoms with Gasteiger partial charge < -0.3 is 16.6 Å². The van der Waals surface area contributed by atoms with Crippen LogP contribution in [0.15, 0.2) is 11.0 Å². The molecule has 0 amide bonds. The molecule has 7 nitrogen and oxygen atoms in total. The maximum absolute atomic E-state index is 11.1. The van der Waals surface area contributed by atoms with Crippen molar-refractivity contribution in [2.24, 2.45) is 0 Å². The summed E-state index contributed by atoms with van der Waals surface area (Å²) >= 11 is 0. The molecule has 8 heteroatoms. The van der Waals surface area contributed by atoms with Gasteiger partial charge in [0, 0.05) is 0 Å². The Balaban J connectivity index is 3.78. The van der Waals surface area contributed by atoms with Crippen LogP contribution in [-0.4, -0.2) is 23.9 Å². The molecule has 1 aromatic rings. The van der Waals surface area contributed by atoms with Gasteiger partial charge in [0.1, 0.15) is 4.90 Å². The molecule has 0 atom stereocenters. The first kappa shape index (κ1) is 12.3. The van der Waals surface area contributed by atoms with Crippen LogP contribution < -0.4 is 11.5 Å². The second kappa shape index (κ2) is 3.65. The fraction of sp³-hybridized carbons (Fsp3) is 0.125. The van der Waals surface area contributed by atoms with E-state index in [4.69, 9.17) is 16.0 Å². The molecule has 16 heavy (non-hydrogen) atoms. The Morgan fingerprint density at radius 2 is 1.88 bits per heavy atom. The van der Waals surface area contributed by atoms with Gasteiger partial charge >= 0.3 is 0 Å². The highest BCUT2D eigenvalue weighted by atomic mass is 32.2. The molecule has 0 spiro atoms. The molecule has 0 aliphatic carbocycles. The van der Waals surface area contributed by atoms with Gasteiger partial charge in [-0.25, -0.2) is 0 Å². The molecule has 88 valence electrons. The maximum atomic E-state index is 11.1. The van der Waals surface area contributed by atoms with Gasteiger partial charge in [0.2, 0.25) is 0 Å². The monoisotopic (exact) mass is 246 g/mol. The molecule has 0 fully saturated rings. The molecule has 0 aromatic heterocycles. The van der Waals surface area contributed by atoms with Crippen LogP contribution >= 0.6 is 0 Å². The largest absolute Gasteiger partial charge is 0.505 e. The van der Waals surface area contributed by atoms with Gasteiger partial charge in [-0.15, -0.1) is 0 Å². The number of nitrogens with two attached hydrogens (primary N) is 2. The number of hydrogen-bond acceptors (Lipinski definition) is 6. The predicted molar refractivity (Wildman–Crippen MR) is 56.8 cm³/mol. The van der Waals surface area contributed by atoms with Crippen molar-refractivity contribution in [1.29, 1.82) is 0 Å². The number of benzene rings is 1. The van der Waals surface area contributed by atoms with E-state index in [-0.39, 0.29) is 5.69 Å². The summed E-state index contributed by atoms with van der Waals surface area (Å²) in [6.07, 6.45) is 0. The average molecular weight is 246 g/mol. The zero-order chi connectivity index (χ0) is 12.7. The van der Waals surface area contributed by atoms with E-state index in [1.807, 2.05) is 0 Å². The van der Waals surface area contributed by atoms with Gasteiger partial charge in [0.05, 0.1) is 16.9 Å². The first-order valence-electron chi connectivity index (χ1n) is 4.05. The van der Waals surface area contributed by atoms with Crippen LogP contribution in [0.5, 0.6) is 5.75 Å². The van der Waals surface area contributed by atoms with E-state index in [9.17, 15) is 18.3 Å². The topological polar surface area (TPSA) is 144 Å². The van der Waals surface area contributed by atoms with Crippen molar-refractivity contribution in [3.8, 4) is 5.75 Å². The first-order chi connectivity index (χ1) is 7.16. The third-order valence-electron chi connectivity index (χ3n) is 1.96. The average Bonchev–Trinajstić information content (AvgIpc) is 2.09. The lowest BCUT2D eigenvalue weighted by molar-refractivity contribution is 0.101. The highest BCUT2D eigenvalue weighted by molar-refractivity contribution is 7.86. The molecular formula is C8H10N2O5S. The lowest BCUT2D eigenvalue weighted by atomic mass is 10.1. The van der Waals surface area contributed by atoms with Gasteiger partial charge in [-0.05, 0) is 13.0 Å². The molecule has 0 heterocycles. The second-order valence-electron chi connectivity index (χ2n) is 3.13. The van der Waals surface area contributed by atoms with E-state index in [1.54, 1.807) is 0 Å². The molecule has 1 aromatic carbocycles. The number of Topliss-reactive ketones (excluding diaryl/α,β-unsaturated/α-hetero) is 1. The maximum Gasteiger partial charge on any atom is 0.296 e. The fourth-order valence-electron chi connectivity index (χ4n) is 1.25. The number of aromatic hydroxyl groups is 1. The third-order valence-corrected chi connectivity index (χ3v) is 2.86. The normalized spacial score (nSPS) is 11.4. The summed E-state index contributed by atoms with van der Waals surface area (Å²) in [5, 5.41) is 9.44. The van der Waals surface area contributed by atoms with E-state index in [0.717, 1.165) is 13.0 Å². The highest BCUT2D eigenvalue weighted by Crippen LogP contribution is 2.35. The molecule has 0 saturated carbocycles. The molecule has 0 saturated heterocycles. The Morgan fingerprint density at radius 3 is 2.25 bits per heavy atom. The number of hydrogen-bond donors (Lipinski definition) is 4. The van der Waals surface area contributed by atoms with Gasteiger partial charge in [0.15, 0.2) is 11.5 Å². The summed E-state index contributed by atoms with van der Waals surface area (Å²) < 4.78 is 30.7. The Hall–Kier alpha value is -1.80. The predicted octanol–water partition coefficient (Wildman–Crippen LogP) is 0.00590. The molecule has 0 aliphatic heterocycles. The summed E-state index contributed by atoms with van der Waals surface area (Å²) in [4.78, 5) is 10.4. The molecule has 1 rings (SSSR count). The van der Waals surface area contributed by atoms with Crippen LogP contribution in [0.1, 0.15) is 17.3 Å². The minimum Gasteiger partial charge on any atom is -0.505 e. The summed E-state index contributed by atoms with van der Waals surface area (Å²) in [7, 11) is -4.60. The van der Waals surface area contributed by atoms with Crippen LogP contribution in [0.4, 0.5) is 11.4 Å². The van der Waals surface area contributed by atoms with Crippen LogP contribution in [0.25, 0.3) is 0 Å². The zero-order valence-electron chi connectivity index (χ0n) is 8.26. The standard InChI is InChI=1S/C8H10N2O5S/c1-3(11)6-7(10)5(16(13,14)15)2-4(9)8(6)12/h2,12H,9-10H2,1H3,(H,13,14,15). The van der Waals surface area contributed by atoms with Crippen LogP contribution in [0.3, 0.4) is 0 Å². The van der Waals surface area contributed by atoms with Crippen molar-refractivity contribution in [1.82, 2.24) is 0 Å². The quantitative estimate of drug-likeness (QED) is 0.249. The Labute approximate surface area is 91.4 Å². The Bertz CT molecular complexity index is 564. The van der Waals surface area contributed by atoms with Gasteiger partial charge in [0.25, 0.3) is 10.1 Å². The van der Waals surface area contributed by atoms with Crippen LogP contribution in [-0.2, 0) is 10.1 Å².